The monoisotopic (exact) mass is 173 g/mol. The minimum Gasteiger partial charge on any atom is -0.380 e. The van der Waals surface area contributed by atoms with E-state index in [-0.39, 0.29) is 5.54 Å². The molecule has 0 spiro atoms. The number of rotatable bonds is 6. The van der Waals surface area contributed by atoms with Gasteiger partial charge in [0.05, 0.1) is 6.10 Å². The lowest BCUT2D eigenvalue weighted by Crippen LogP contribution is -2.44. The van der Waals surface area contributed by atoms with Gasteiger partial charge in [-0.25, -0.2) is 0 Å². The van der Waals surface area contributed by atoms with Gasteiger partial charge in [0.1, 0.15) is 0 Å². The van der Waals surface area contributed by atoms with Gasteiger partial charge in [-0.3, -0.25) is 0 Å². The van der Waals surface area contributed by atoms with E-state index in [9.17, 15) is 0 Å². The first kappa shape index (κ1) is 11.9. The highest BCUT2D eigenvalue weighted by atomic mass is 16.5. The highest BCUT2D eigenvalue weighted by Crippen LogP contribution is 2.13. The van der Waals surface area contributed by atoms with Crippen molar-refractivity contribution in [3.05, 3.63) is 0 Å². The van der Waals surface area contributed by atoms with Crippen LogP contribution in [-0.4, -0.2) is 25.3 Å². The van der Waals surface area contributed by atoms with Crippen LogP contribution in [0.1, 0.15) is 40.5 Å². The molecule has 0 aliphatic carbocycles. The maximum atomic E-state index is 5.17. The Hall–Kier alpha value is -0.0800. The molecule has 0 heterocycles. The molecule has 1 unspecified atom stereocenters. The standard InChI is InChI=1S/C10H23NO/c1-6-10(4,7-2)11-8-9(3)12-5/h9,11H,6-8H2,1-5H3. The van der Waals surface area contributed by atoms with Gasteiger partial charge in [0.2, 0.25) is 0 Å². The highest BCUT2D eigenvalue weighted by Gasteiger charge is 2.18. The zero-order chi connectivity index (χ0) is 9.61. The van der Waals surface area contributed by atoms with Crippen LogP contribution in [-0.2, 0) is 4.74 Å². The Morgan fingerprint density at radius 2 is 1.83 bits per heavy atom. The molecule has 1 N–H and O–H groups in total. The first-order valence-corrected chi connectivity index (χ1v) is 4.85. The summed E-state index contributed by atoms with van der Waals surface area (Å²) < 4.78 is 5.17. The van der Waals surface area contributed by atoms with E-state index in [0.717, 1.165) is 6.54 Å². The molecule has 0 fully saturated rings. The van der Waals surface area contributed by atoms with Gasteiger partial charge < -0.3 is 10.1 Å². The van der Waals surface area contributed by atoms with E-state index in [4.69, 9.17) is 4.74 Å². The van der Waals surface area contributed by atoms with Crippen molar-refractivity contribution in [3.8, 4) is 0 Å². The van der Waals surface area contributed by atoms with E-state index in [1.807, 2.05) is 0 Å². The van der Waals surface area contributed by atoms with Crippen molar-refractivity contribution >= 4 is 0 Å². The molecular weight excluding hydrogens is 150 g/mol. The SMILES string of the molecule is CCC(C)(CC)NCC(C)OC. The molecule has 2 heteroatoms. The van der Waals surface area contributed by atoms with Gasteiger partial charge in [-0.15, -0.1) is 0 Å². The van der Waals surface area contributed by atoms with Gasteiger partial charge >= 0.3 is 0 Å². The van der Waals surface area contributed by atoms with Crippen molar-refractivity contribution in [3.63, 3.8) is 0 Å². The van der Waals surface area contributed by atoms with Crippen LogP contribution in [0, 0.1) is 0 Å². The summed E-state index contributed by atoms with van der Waals surface area (Å²) >= 11 is 0. The van der Waals surface area contributed by atoms with Crippen LogP contribution in [0.4, 0.5) is 0 Å². The van der Waals surface area contributed by atoms with Crippen LogP contribution in [0.5, 0.6) is 0 Å². The number of ether oxygens (including phenoxy) is 1. The van der Waals surface area contributed by atoms with Crippen molar-refractivity contribution in [1.82, 2.24) is 5.32 Å². The van der Waals surface area contributed by atoms with Crippen molar-refractivity contribution in [2.45, 2.75) is 52.2 Å². The average Bonchev–Trinajstić information content (AvgIpc) is 2.13. The summed E-state index contributed by atoms with van der Waals surface area (Å²) in [6.07, 6.45) is 2.64. The minimum atomic E-state index is 0.285. The number of hydrogen-bond donors (Lipinski definition) is 1. The van der Waals surface area contributed by atoms with Gasteiger partial charge in [0, 0.05) is 19.2 Å². The lowest BCUT2D eigenvalue weighted by atomic mass is 9.95. The van der Waals surface area contributed by atoms with Crippen molar-refractivity contribution in [2.75, 3.05) is 13.7 Å². The number of hydrogen-bond acceptors (Lipinski definition) is 2. The first-order chi connectivity index (χ1) is 5.58. The van der Waals surface area contributed by atoms with Gasteiger partial charge in [-0.1, -0.05) is 13.8 Å². The quantitative estimate of drug-likeness (QED) is 0.665. The van der Waals surface area contributed by atoms with E-state index >= 15 is 0 Å². The first-order valence-electron chi connectivity index (χ1n) is 4.85. The van der Waals surface area contributed by atoms with Crippen LogP contribution in [0.25, 0.3) is 0 Å². The summed E-state index contributed by atoms with van der Waals surface area (Å²) in [5.41, 5.74) is 0.285. The smallest absolute Gasteiger partial charge is 0.0667 e. The van der Waals surface area contributed by atoms with Crippen molar-refractivity contribution < 1.29 is 4.74 Å². The van der Waals surface area contributed by atoms with Gasteiger partial charge in [-0.05, 0) is 26.7 Å². The molecule has 74 valence electrons. The van der Waals surface area contributed by atoms with Crippen LogP contribution in [0.15, 0.2) is 0 Å². The molecular formula is C10H23NO. The van der Waals surface area contributed by atoms with Crippen molar-refractivity contribution in [2.24, 2.45) is 0 Å². The zero-order valence-corrected chi connectivity index (χ0v) is 9.11. The molecule has 1 atom stereocenters. The Labute approximate surface area is 76.7 Å². The van der Waals surface area contributed by atoms with Crippen LogP contribution in [0.2, 0.25) is 0 Å². The summed E-state index contributed by atoms with van der Waals surface area (Å²) in [6.45, 7) is 9.71. The summed E-state index contributed by atoms with van der Waals surface area (Å²) in [5, 5.41) is 3.52. The Kier molecular flexibility index (Phi) is 5.51. The fourth-order valence-corrected chi connectivity index (χ4v) is 0.973. The molecule has 0 saturated carbocycles. The predicted octanol–water partition coefficient (Wildman–Crippen LogP) is 2.19. The third kappa shape index (κ3) is 4.07. The number of nitrogens with one attached hydrogen (secondary N) is 1. The predicted molar refractivity (Wildman–Crippen MR) is 53.5 cm³/mol. The van der Waals surface area contributed by atoms with Crippen LogP contribution in [0.3, 0.4) is 0 Å². The Balaban J connectivity index is 3.72. The maximum Gasteiger partial charge on any atom is 0.0667 e. The molecule has 0 bridgehead atoms. The Morgan fingerprint density at radius 3 is 2.17 bits per heavy atom. The molecule has 0 radical (unpaired) electrons. The van der Waals surface area contributed by atoms with E-state index in [0.29, 0.717) is 6.10 Å². The molecule has 0 aliphatic rings. The second kappa shape index (κ2) is 5.55. The van der Waals surface area contributed by atoms with E-state index < -0.39 is 0 Å². The highest BCUT2D eigenvalue weighted by molar-refractivity contribution is 4.80. The van der Waals surface area contributed by atoms with Gasteiger partial charge in [0.25, 0.3) is 0 Å². The minimum absolute atomic E-state index is 0.285. The molecule has 0 aromatic rings. The van der Waals surface area contributed by atoms with E-state index in [1.54, 1.807) is 7.11 Å². The average molecular weight is 173 g/mol. The third-order valence-corrected chi connectivity index (χ3v) is 2.78. The van der Waals surface area contributed by atoms with Crippen LogP contribution < -0.4 is 5.32 Å². The topological polar surface area (TPSA) is 21.3 Å². The molecule has 12 heavy (non-hydrogen) atoms. The van der Waals surface area contributed by atoms with Gasteiger partial charge in [0.15, 0.2) is 0 Å². The summed E-state index contributed by atoms with van der Waals surface area (Å²) in [5.74, 6) is 0. The summed E-state index contributed by atoms with van der Waals surface area (Å²) in [7, 11) is 1.75. The molecule has 0 amide bonds. The molecule has 2 nitrogen and oxygen atoms in total. The Morgan fingerprint density at radius 1 is 1.33 bits per heavy atom. The van der Waals surface area contributed by atoms with Crippen molar-refractivity contribution in [1.29, 1.82) is 0 Å². The second-order valence-electron chi connectivity index (χ2n) is 3.69. The maximum absolute atomic E-state index is 5.17. The summed E-state index contributed by atoms with van der Waals surface area (Å²) in [4.78, 5) is 0. The van der Waals surface area contributed by atoms with Crippen LogP contribution >= 0.6 is 0 Å². The Bertz CT molecular complexity index is 110. The largest absolute Gasteiger partial charge is 0.380 e. The van der Waals surface area contributed by atoms with E-state index in [2.05, 4.69) is 33.0 Å². The molecule has 0 aliphatic heterocycles. The third-order valence-electron chi connectivity index (χ3n) is 2.78. The molecule has 0 aromatic heterocycles. The van der Waals surface area contributed by atoms with Gasteiger partial charge in [-0.2, -0.15) is 0 Å². The molecule has 0 aromatic carbocycles. The lowest BCUT2D eigenvalue weighted by molar-refractivity contribution is 0.107. The number of methoxy groups -OCH3 is 1. The fraction of sp³-hybridized carbons (Fsp3) is 1.00. The molecule has 0 saturated heterocycles. The lowest BCUT2D eigenvalue weighted by Gasteiger charge is -2.29. The fourth-order valence-electron chi connectivity index (χ4n) is 0.973. The normalized spacial score (nSPS) is 14.8. The van der Waals surface area contributed by atoms with E-state index in [1.165, 1.54) is 12.8 Å². The molecule has 0 rings (SSSR count). The zero-order valence-electron chi connectivity index (χ0n) is 9.11. The summed E-state index contributed by atoms with van der Waals surface area (Å²) in [6, 6.07) is 0. The second-order valence-corrected chi connectivity index (χ2v) is 3.69.